The van der Waals surface area contributed by atoms with Crippen molar-refractivity contribution in [3.05, 3.63) is 35.9 Å². The van der Waals surface area contributed by atoms with Crippen LogP contribution in [0.25, 0.3) is 0 Å². The van der Waals surface area contributed by atoms with Crippen LogP contribution in [0.15, 0.2) is 30.3 Å². The van der Waals surface area contributed by atoms with Gasteiger partial charge in [0.2, 0.25) is 0 Å². The molecule has 1 aromatic carbocycles. The first-order chi connectivity index (χ1) is 9.15. The second-order valence-corrected chi connectivity index (χ2v) is 6.24. The third-order valence-corrected chi connectivity index (χ3v) is 4.21. The first kappa shape index (κ1) is 14.5. The highest BCUT2D eigenvalue weighted by Gasteiger charge is 2.20. The molecule has 0 aromatic heterocycles. The van der Waals surface area contributed by atoms with Crippen LogP contribution in [0.3, 0.4) is 0 Å². The molecule has 0 bridgehead atoms. The largest absolute Gasteiger partial charge is 0.314 e. The van der Waals surface area contributed by atoms with Crippen LogP contribution in [0.1, 0.15) is 32.8 Å². The highest BCUT2D eigenvalue weighted by molar-refractivity contribution is 5.15. The summed E-state index contributed by atoms with van der Waals surface area (Å²) in [7, 11) is 0. The Morgan fingerprint density at radius 3 is 2.74 bits per heavy atom. The molecule has 1 fully saturated rings. The normalized spacial score (nSPS) is 27.5. The molecule has 106 valence electrons. The molecule has 2 heteroatoms. The SMILES string of the molecule is CC1CNC(C)CCN(C(C)Cc2ccccc2)C1. The van der Waals surface area contributed by atoms with Crippen LogP contribution in [0.2, 0.25) is 0 Å². The van der Waals surface area contributed by atoms with Gasteiger partial charge in [-0.25, -0.2) is 0 Å². The van der Waals surface area contributed by atoms with E-state index in [2.05, 4.69) is 61.3 Å². The summed E-state index contributed by atoms with van der Waals surface area (Å²) in [5.41, 5.74) is 1.45. The predicted octanol–water partition coefficient (Wildman–Crippen LogP) is 2.94. The molecular weight excluding hydrogens is 232 g/mol. The molecule has 3 atom stereocenters. The lowest BCUT2D eigenvalue weighted by Gasteiger charge is -2.35. The molecule has 3 unspecified atom stereocenters. The topological polar surface area (TPSA) is 15.3 Å². The van der Waals surface area contributed by atoms with Gasteiger partial charge in [0.15, 0.2) is 0 Å². The molecule has 1 saturated heterocycles. The van der Waals surface area contributed by atoms with Gasteiger partial charge in [-0.1, -0.05) is 37.3 Å². The van der Waals surface area contributed by atoms with Crippen molar-refractivity contribution in [2.75, 3.05) is 19.6 Å². The second-order valence-electron chi connectivity index (χ2n) is 6.24. The predicted molar refractivity (Wildman–Crippen MR) is 82.4 cm³/mol. The maximum absolute atomic E-state index is 3.62. The van der Waals surface area contributed by atoms with Gasteiger partial charge >= 0.3 is 0 Å². The van der Waals surface area contributed by atoms with Gasteiger partial charge in [-0.2, -0.15) is 0 Å². The average Bonchev–Trinajstić information content (AvgIpc) is 2.40. The number of nitrogens with zero attached hydrogens (tertiary/aromatic N) is 1. The van der Waals surface area contributed by atoms with Gasteiger partial charge in [0.25, 0.3) is 0 Å². The Kier molecular flexibility index (Phi) is 5.41. The van der Waals surface area contributed by atoms with E-state index in [0.717, 1.165) is 18.9 Å². The van der Waals surface area contributed by atoms with Crippen LogP contribution in [-0.4, -0.2) is 36.6 Å². The van der Waals surface area contributed by atoms with Gasteiger partial charge in [-0.3, -0.25) is 4.90 Å². The Bertz CT molecular complexity index is 363. The molecule has 0 spiro atoms. The molecule has 1 aliphatic heterocycles. The van der Waals surface area contributed by atoms with Crippen molar-refractivity contribution in [2.24, 2.45) is 5.92 Å². The second kappa shape index (κ2) is 7.06. The van der Waals surface area contributed by atoms with Gasteiger partial charge in [0.05, 0.1) is 0 Å². The van der Waals surface area contributed by atoms with Gasteiger partial charge < -0.3 is 5.32 Å². The van der Waals surface area contributed by atoms with E-state index in [9.17, 15) is 0 Å². The van der Waals surface area contributed by atoms with Crippen molar-refractivity contribution in [2.45, 2.75) is 45.7 Å². The minimum atomic E-state index is 0.634. The van der Waals surface area contributed by atoms with Crippen molar-refractivity contribution in [1.82, 2.24) is 10.2 Å². The van der Waals surface area contributed by atoms with E-state index in [1.54, 1.807) is 0 Å². The maximum Gasteiger partial charge on any atom is 0.0107 e. The molecule has 1 N–H and O–H groups in total. The highest BCUT2D eigenvalue weighted by atomic mass is 15.2. The van der Waals surface area contributed by atoms with E-state index in [0.29, 0.717) is 12.1 Å². The zero-order chi connectivity index (χ0) is 13.7. The first-order valence-corrected chi connectivity index (χ1v) is 7.66. The molecule has 1 aliphatic rings. The molecule has 0 amide bonds. The third kappa shape index (κ3) is 4.63. The van der Waals surface area contributed by atoms with Crippen molar-refractivity contribution < 1.29 is 0 Å². The van der Waals surface area contributed by atoms with Crippen LogP contribution in [0, 0.1) is 5.92 Å². The summed E-state index contributed by atoms with van der Waals surface area (Å²) in [5, 5.41) is 3.62. The van der Waals surface area contributed by atoms with E-state index < -0.39 is 0 Å². The first-order valence-electron chi connectivity index (χ1n) is 7.66. The number of hydrogen-bond acceptors (Lipinski definition) is 2. The summed E-state index contributed by atoms with van der Waals surface area (Å²) in [6.07, 6.45) is 2.42. The van der Waals surface area contributed by atoms with Gasteiger partial charge in [-0.05, 0) is 51.3 Å². The Hall–Kier alpha value is -0.860. The lowest BCUT2D eigenvalue weighted by molar-refractivity contribution is 0.155. The van der Waals surface area contributed by atoms with E-state index in [-0.39, 0.29) is 0 Å². The van der Waals surface area contributed by atoms with E-state index >= 15 is 0 Å². The van der Waals surface area contributed by atoms with Crippen molar-refractivity contribution in [3.63, 3.8) is 0 Å². The summed E-state index contributed by atoms with van der Waals surface area (Å²) in [5.74, 6) is 0.737. The van der Waals surface area contributed by atoms with Crippen molar-refractivity contribution >= 4 is 0 Å². The molecule has 2 nitrogen and oxygen atoms in total. The van der Waals surface area contributed by atoms with Crippen LogP contribution < -0.4 is 5.32 Å². The van der Waals surface area contributed by atoms with Gasteiger partial charge in [0.1, 0.15) is 0 Å². The standard InChI is InChI=1S/C17H28N2/c1-14-12-18-15(2)9-10-19(13-14)16(3)11-17-7-5-4-6-8-17/h4-8,14-16,18H,9-13H2,1-3H3. The fourth-order valence-corrected chi connectivity index (χ4v) is 2.90. The summed E-state index contributed by atoms with van der Waals surface area (Å²) in [6.45, 7) is 10.6. The van der Waals surface area contributed by atoms with Gasteiger partial charge in [-0.15, -0.1) is 0 Å². The molecular formula is C17H28N2. The zero-order valence-electron chi connectivity index (χ0n) is 12.6. The maximum atomic E-state index is 3.62. The lowest BCUT2D eigenvalue weighted by Crippen LogP contribution is -2.46. The molecule has 0 radical (unpaired) electrons. The number of nitrogens with one attached hydrogen (secondary N) is 1. The van der Waals surface area contributed by atoms with E-state index in [1.165, 1.54) is 25.1 Å². The molecule has 0 aliphatic carbocycles. The van der Waals surface area contributed by atoms with Crippen molar-refractivity contribution in [1.29, 1.82) is 0 Å². The summed E-state index contributed by atoms with van der Waals surface area (Å²) in [6, 6.07) is 12.2. The average molecular weight is 260 g/mol. The quantitative estimate of drug-likeness (QED) is 0.899. The van der Waals surface area contributed by atoms with Crippen LogP contribution in [0.5, 0.6) is 0 Å². The van der Waals surface area contributed by atoms with Gasteiger partial charge in [0, 0.05) is 18.6 Å². The molecule has 2 rings (SSSR count). The van der Waals surface area contributed by atoms with Crippen LogP contribution in [-0.2, 0) is 6.42 Å². The summed E-state index contributed by atoms with van der Waals surface area (Å²) < 4.78 is 0. The Morgan fingerprint density at radius 1 is 1.26 bits per heavy atom. The number of benzene rings is 1. The summed E-state index contributed by atoms with van der Waals surface area (Å²) in [4.78, 5) is 2.68. The Morgan fingerprint density at radius 2 is 2.00 bits per heavy atom. The highest BCUT2D eigenvalue weighted by Crippen LogP contribution is 2.14. The lowest BCUT2D eigenvalue weighted by atomic mass is 10.0. The molecule has 1 aromatic rings. The fourth-order valence-electron chi connectivity index (χ4n) is 2.90. The summed E-state index contributed by atoms with van der Waals surface area (Å²) >= 11 is 0. The zero-order valence-corrected chi connectivity index (χ0v) is 12.6. The molecule has 19 heavy (non-hydrogen) atoms. The Labute approximate surface area is 118 Å². The molecule has 1 heterocycles. The van der Waals surface area contributed by atoms with Crippen LogP contribution in [0.4, 0.5) is 0 Å². The van der Waals surface area contributed by atoms with E-state index in [4.69, 9.17) is 0 Å². The third-order valence-electron chi connectivity index (χ3n) is 4.21. The number of hydrogen-bond donors (Lipinski definition) is 1. The monoisotopic (exact) mass is 260 g/mol. The smallest absolute Gasteiger partial charge is 0.0107 e. The minimum absolute atomic E-state index is 0.634. The fraction of sp³-hybridized carbons (Fsp3) is 0.647. The number of rotatable bonds is 3. The Balaban J connectivity index is 1.94. The van der Waals surface area contributed by atoms with Crippen LogP contribution >= 0.6 is 0 Å². The van der Waals surface area contributed by atoms with Crippen molar-refractivity contribution in [3.8, 4) is 0 Å². The van der Waals surface area contributed by atoms with E-state index in [1.807, 2.05) is 0 Å². The minimum Gasteiger partial charge on any atom is -0.314 e. The molecule has 0 saturated carbocycles.